The van der Waals surface area contributed by atoms with Crippen LogP contribution in [-0.2, 0) is 0 Å². The second-order valence-corrected chi connectivity index (χ2v) is 5.53. The van der Waals surface area contributed by atoms with E-state index >= 15 is 0 Å². The van der Waals surface area contributed by atoms with Gasteiger partial charge in [0.25, 0.3) is 5.91 Å². The molecule has 4 nitrogen and oxygen atoms in total. The highest BCUT2D eigenvalue weighted by atomic mass is 16.3. The number of rotatable bonds is 3. The minimum Gasteiger partial charge on any atom is -0.506 e. The van der Waals surface area contributed by atoms with Crippen LogP contribution in [0.3, 0.4) is 0 Å². The summed E-state index contributed by atoms with van der Waals surface area (Å²) < 4.78 is 0. The molecule has 0 saturated heterocycles. The van der Waals surface area contributed by atoms with Gasteiger partial charge >= 0.3 is 0 Å². The molecule has 0 aliphatic rings. The molecular formula is C16H19NO3. The van der Waals surface area contributed by atoms with Crippen molar-refractivity contribution in [1.29, 1.82) is 0 Å². The van der Waals surface area contributed by atoms with Crippen molar-refractivity contribution in [3.8, 4) is 5.75 Å². The molecule has 0 fully saturated rings. The first-order chi connectivity index (χ1) is 9.33. The van der Waals surface area contributed by atoms with Gasteiger partial charge in [-0.25, -0.2) is 0 Å². The van der Waals surface area contributed by atoms with E-state index in [0.29, 0.717) is 5.39 Å². The first-order valence-corrected chi connectivity index (χ1v) is 6.54. The van der Waals surface area contributed by atoms with Crippen molar-refractivity contribution in [2.24, 2.45) is 0 Å². The van der Waals surface area contributed by atoms with Crippen LogP contribution in [-0.4, -0.2) is 27.8 Å². The molecule has 0 saturated carbocycles. The van der Waals surface area contributed by atoms with Crippen molar-refractivity contribution in [2.75, 3.05) is 0 Å². The Bertz CT molecular complexity index is 647. The first kappa shape index (κ1) is 14.3. The van der Waals surface area contributed by atoms with E-state index < -0.39 is 17.6 Å². The number of phenolic OH excluding ortho intramolecular Hbond substituents is 1. The summed E-state index contributed by atoms with van der Waals surface area (Å²) in [6.07, 6.45) is -0.700. The van der Waals surface area contributed by atoms with Gasteiger partial charge in [0.15, 0.2) is 0 Å². The van der Waals surface area contributed by atoms with Crippen molar-refractivity contribution < 1.29 is 15.0 Å². The predicted octanol–water partition coefficient (Wildman–Crippen LogP) is 2.43. The van der Waals surface area contributed by atoms with Gasteiger partial charge in [-0.05, 0) is 32.2 Å². The van der Waals surface area contributed by atoms with Crippen LogP contribution < -0.4 is 5.32 Å². The van der Waals surface area contributed by atoms with Crippen LogP contribution in [0.25, 0.3) is 10.8 Å². The number of benzene rings is 2. The topological polar surface area (TPSA) is 69.6 Å². The monoisotopic (exact) mass is 273 g/mol. The number of carbonyl (C=O) groups is 1. The van der Waals surface area contributed by atoms with Crippen LogP contribution >= 0.6 is 0 Å². The van der Waals surface area contributed by atoms with E-state index in [4.69, 9.17) is 0 Å². The van der Waals surface area contributed by atoms with Gasteiger partial charge < -0.3 is 15.5 Å². The molecule has 2 aromatic rings. The molecule has 1 atom stereocenters. The third-order valence-corrected chi connectivity index (χ3v) is 3.63. The Morgan fingerprint density at radius 2 is 1.85 bits per heavy atom. The summed E-state index contributed by atoms with van der Waals surface area (Å²) in [7, 11) is 0. The fourth-order valence-electron chi connectivity index (χ4n) is 1.90. The zero-order valence-electron chi connectivity index (χ0n) is 11.8. The second-order valence-electron chi connectivity index (χ2n) is 5.53. The minimum absolute atomic E-state index is 0.0398. The molecule has 0 aliphatic carbocycles. The first-order valence-electron chi connectivity index (χ1n) is 6.54. The Kier molecular flexibility index (Phi) is 3.68. The maximum Gasteiger partial charge on any atom is 0.255 e. The molecule has 20 heavy (non-hydrogen) atoms. The lowest BCUT2D eigenvalue weighted by Gasteiger charge is -2.29. The third kappa shape index (κ3) is 2.60. The number of aromatic hydroxyl groups is 1. The van der Waals surface area contributed by atoms with Crippen LogP contribution in [0, 0.1) is 0 Å². The highest BCUT2D eigenvalue weighted by Crippen LogP contribution is 2.28. The van der Waals surface area contributed by atoms with E-state index in [0.717, 1.165) is 5.39 Å². The fourth-order valence-corrected chi connectivity index (χ4v) is 1.90. The SMILES string of the molecule is CC(O)C(C)(C)NC(=O)c1ccc2ccccc2c1O. The number of nitrogens with one attached hydrogen (secondary N) is 1. The van der Waals surface area contributed by atoms with Crippen LogP contribution in [0.1, 0.15) is 31.1 Å². The van der Waals surface area contributed by atoms with Gasteiger partial charge in [0.05, 0.1) is 17.2 Å². The van der Waals surface area contributed by atoms with E-state index in [-0.39, 0.29) is 11.3 Å². The fraction of sp³-hybridized carbons (Fsp3) is 0.312. The van der Waals surface area contributed by atoms with E-state index in [9.17, 15) is 15.0 Å². The summed E-state index contributed by atoms with van der Waals surface area (Å²) in [4.78, 5) is 12.2. The summed E-state index contributed by atoms with van der Waals surface area (Å²) >= 11 is 0. The van der Waals surface area contributed by atoms with Gasteiger partial charge in [0.2, 0.25) is 0 Å². The Hall–Kier alpha value is -2.07. The van der Waals surface area contributed by atoms with E-state index in [1.54, 1.807) is 39.0 Å². The molecule has 0 heterocycles. The molecule has 0 bridgehead atoms. The highest BCUT2D eigenvalue weighted by Gasteiger charge is 2.27. The molecule has 0 aliphatic heterocycles. The van der Waals surface area contributed by atoms with Gasteiger partial charge in [0, 0.05) is 5.39 Å². The summed E-state index contributed by atoms with van der Waals surface area (Å²) in [5.74, 6) is -0.443. The lowest BCUT2D eigenvalue weighted by molar-refractivity contribution is 0.0707. The molecule has 0 spiro atoms. The Balaban J connectivity index is 2.38. The molecular weight excluding hydrogens is 254 g/mol. The standard InChI is InChI=1S/C16H19NO3/c1-10(18)16(2,3)17-15(20)13-9-8-11-6-4-5-7-12(11)14(13)19/h4-10,18-19H,1-3H3,(H,17,20). The number of amides is 1. The Morgan fingerprint density at radius 3 is 2.50 bits per heavy atom. The molecule has 0 radical (unpaired) electrons. The van der Waals surface area contributed by atoms with Gasteiger partial charge in [-0.15, -0.1) is 0 Å². The average Bonchev–Trinajstić information content (AvgIpc) is 2.38. The number of phenols is 1. The lowest BCUT2D eigenvalue weighted by Crippen LogP contribution is -2.50. The smallest absolute Gasteiger partial charge is 0.255 e. The second kappa shape index (κ2) is 5.13. The van der Waals surface area contributed by atoms with Crippen molar-refractivity contribution in [1.82, 2.24) is 5.32 Å². The van der Waals surface area contributed by atoms with Crippen LogP contribution in [0.5, 0.6) is 5.75 Å². The number of aliphatic hydroxyl groups excluding tert-OH is 1. The summed E-state index contributed by atoms with van der Waals surface area (Å²) in [6, 6.07) is 10.7. The lowest BCUT2D eigenvalue weighted by atomic mass is 9.97. The molecule has 106 valence electrons. The van der Waals surface area contributed by atoms with Crippen LogP contribution in [0.4, 0.5) is 0 Å². The molecule has 1 unspecified atom stereocenters. The number of hydrogen-bond acceptors (Lipinski definition) is 3. The summed E-state index contributed by atoms with van der Waals surface area (Å²) in [5.41, 5.74) is -0.563. The summed E-state index contributed by atoms with van der Waals surface area (Å²) in [6.45, 7) is 5.07. The van der Waals surface area contributed by atoms with E-state index in [2.05, 4.69) is 5.32 Å². The quantitative estimate of drug-likeness (QED) is 0.804. The number of carbonyl (C=O) groups excluding carboxylic acids is 1. The van der Waals surface area contributed by atoms with Crippen LogP contribution in [0.2, 0.25) is 0 Å². The average molecular weight is 273 g/mol. The number of fused-ring (bicyclic) bond motifs is 1. The summed E-state index contributed by atoms with van der Waals surface area (Å²) in [5, 5.41) is 24.1. The Morgan fingerprint density at radius 1 is 1.20 bits per heavy atom. The third-order valence-electron chi connectivity index (χ3n) is 3.63. The van der Waals surface area contributed by atoms with Crippen molar-refractivity contribution in [3.05, 3.63) is 42.0 Å². The molecule has 0 aromatic heterocycles. The molecule has 2 aromatic carbocycles. The maximum atomic E-state index is 12.2. The molecule has 4 heteroatoms. The van der Waals surface area contributed by atoms with E-state index in [1.807, 2.05) is 18.2 Å². The zero-order valence-corrected chi connectivity index (χ0v) is 11.8. The van der Waals surface area contributed by atoms with E-state index in [1.165, 1.54) is 0 Å². The Labute approximate surface area is 118 Å². The normalized spacial score (nSPS) is 13.2. The number of aliphatic hydroxyl groups is 1. The minimum atomic E-state index is -0.769. The van der Waals surface area contributed by atoms with Gasteiger partial charge in [-0.2, -0.15) is 0 Å². The zero-order chi connectivity index (χ0) is 14.9. The van der Waals surface area contributed by atoms with Crippen molar-refractivity contribution in [2.45, 2.75) is 32.4 Å². The number of hydrogen-bond donors (Lipinski definition) is 3. The maximum absolute atomic E-state index is 12.2. The predicted molar refractivity (Wildman–Crippen MR) is 78.8 cm³/mol. The highest BCUT2D eigenvalue weighted by molar-refractivity contribution is 6.03. The largest absolute Gasteiger partial charge is 0.506 e. The van der Waals surface area contributed by atoms with Crippen LogP contribution in [0.15, 0.2) is 36.4 Å². The van der Waals surface area contributed by atoms with Gasteiger partial charge in [0.1, 0.15) is 5.75 Å². The van der Waals surface area contributed by atoms with Crippen molar-refractivity contribution >= 4 is 16.7 Å². The molecule has 3 N–H and O–H groups in total. The van der Waals surface area contributed by atoms with Gasteiger partial charge in [-0.1, -0.05) is 30.3 Å². The molecule has 1 amide bonds. The van der Waals surface area contributed by atoms with Gasteiger partial charge in [-0.3, -0.25) is 4.79 Å². The van der Waals surface area contributed by atoms with Crippen molar-refractivity contribution in [3.63, 3.8) is 0 Å². The molecule has 2 rings (SSSR count).